The number of anilines is 1. The Bertz CT molecular complexity index is 1280. The fourth-order valence-electron chi connectivity index (χ4n) is 3.66. The minimum absolute atomic E-state index is 0.0251. The summed E-state index contributed by atoms with van der Waals surface area (Å²) in [7, 11) is -3.62. The van der Waals surface area contributed by atoms with Gasteiger partial charge in [-0.05, 0) is 66.9 Å². The zero-order valence-electron chi connectivity index (χ0n) is 18.9. The van der Waals surface area contributed by atoms with Crippen molar-refractivity contribution in [2.24, 2.45) is 0 Å². The maximum absolute atomic E-state index is 13.2. The maximum Gasteiger partial charge on any atom is 0.251 e. The number of hydrogen-bond donors (Lipinski definition) is 3. The molecule has 1 fully saturated rings. The molecule has 4 rings (SSSR count). The quantitative estimate of drug-likeness (QED) is 0.422. The molecule has 0 unspecified atom stereocenters. The summed E-state index contributed by atoms with van der Waals surface area (Å²) < 4.78 is 40.9. The predicted octanol–water partition coefficient (Wildman–Crippen LogP) is 3.64. The summed E-state index contributed by atoms with van der Waals surface area (Å²) in [5.74, 6) is -1.44. The molecule has 0 aromatic heterocycles. The van der Waals surface area contributed by atoms with Crippen molar-refractivity contribution in [1.29, 1.82) is 0 Å². The lowest BCUT2D eigenvalue weighted by Crippen LogP contribution is -2.45. The summed E-state index contributed by atoms with van der Waals surface area (Å²) in [6.45, 7) is 0. The van der Waals surface area contributed by atoms with Crippen molar-refractivity contribution in [1.82, 2.24) is 10.0 Å². The van der Waals surface area contributed by atoms with Crippen molar-refractivity contribution in [3.63, 3.8) is 0 Å². The number of amides is 2. The smallest absolute Gasteiger partial charge is 0.251 e. The lowest BCUT2D eigenvalue weighted by molar-refractivity contribution is -0.118. The van der Waals surface area contributed by atoms with Gasteiger partial charge in [0.05, 0.1) is 4.90 Å². The van der Waals surface area contributed by atoms with E-state index in [1.807, 2.05) is 30.3 Å². The largest absolute Gasteiger partial charge is 0.340 e. The Hall–Kier alpha value is -3.56. The molecule has 9 heteroatoms. The van der Waals surface area contributed by atoms with Crippen LogP contribution in [-0.4, -0.2) is 32.3 Å². The van der Waals surface area contributed by atoms with Crippen LogP contribution >= 0.6 is 0 Å². The van der Waals surface area contributed by atoms with Crippen molar-refractivity contribution >= 4 is 27.5 Å². The third-order valence-electron chi connectivity index (χ3n) is 5.87. The highest BCUT2D eigenvalue weighted by Crippen LogP contribution is 2.22. The number of sulfonamides is 1. The molecule has 1 aliphatic rings. The van der Waals surface area contributed by atoms with Crippen LogP contribution < -0.4 is 15.4 Å². The van der Waals surface area contributed by atoms with Crippen LogP contribution in [-0.2, 0) is 21.2 Å². The van der Waals surface area contributed by atoms with E-state index >= 15 is 0 Å². The Morgan fingerprint density at radius 2 is 1.57 bits per heavy atom. The summed E-state index contributed by atoms with van der Waals surface area (Å²) >= 11 is 0. The van der Waals surface area contributed by atoms with Gasteiger partial charge in [0.15, 0.2) is 0 Å². The van der Waals surface area contributed by atoms with Gasteiger partial charge in [-0.3, -0.25) is 9.59 Å². The van der Waals surface area contributed by atoms with Gasteiger partial charge < -0.3 is 10.6 Å². The second-order valence-corrected chi connectivity index (χ2v) is 10.2. The average molecular weight is 496 g/mol. The van der Waals surface area contributed by atoms with Crippen molar-refractivity contribution in [3.8, 4) is 0 Å². The van der Waals surface area contributed by atoms with Gasteiger partial charge in [-0.2, -0.15) is 0 Å². The number of nitrogens with one attached hydrogen (secondary N) is 3. The standard InChI is InChI=1S/C26H26FN3O4S/c27-20-11-9-19(10-12-20)25(31)29-24(17-18-5-2-1-3-6-18)26(32)28-21-13-15-23(16-14-21)35(33,34)30-22-7-4-8-22/h1-3,5-6,9-16,22,24,30H,4,7-8,17H2,(H,28,32)(H,29,31)/t24-/m0/s1. The highest BCUT2D eigenvalue weighted by Gasteiger charge is 2.25. The van der Waals surface area contributed by atoms with Gasteiger partial charge >= 0.3 is 0 Å². The first-order valence-electron chi connectivity index (χ1n) is 11.3. The predicted molar refractivity (Wildman–Crippen MR) is 131 cm³/mol. The first kappa shape index (κ1) is 24.6. The molecule has 35 heavy (non-hydrogen) atoms. The van der Waals surface area contributed by atoms with E-state index in [1.54, 1.807) is 0 Å². The van der Waals surface area contributed by atoms with E-state index in [0.717, 1.165) is 24.8 Å². The zero-order valence-corrected chi connectivity index (χ0v) is 19.7. The molecule has 7 nitrogen and oxygen atoms in total. The Morgan fingerprint density at radius 1 is 0.914 bits per heavy atom. The molecule has 3 aromatic rings. The SMILES string of the molecule is O=C(N[C@@H](Cc1ccccc1)C(=O)Nc1ccc(S(=O)(=O)NC2CCC2)cc1)c1ccc(F)cc1. The fourth-order valence-corrected chi connectivity index (χ4v) is 4.97. The molecule has 0 aliphatic heterocycles. The second kappa shape index (κ2) is 10.8. The molecule has 0 spiro atoms. The molecule has 2 amide bonds. The van der Waals surface area contributed by atoms with Gasteiger partial charge in [0.2, 0.25) is 15.9 Å². The summed E-state index contributed by atoms with van der Waals surface area (Å²) in [5.41, 5.74) is 1.47. The lowest BCUT2D eigenvalue weighted by atomic mass is 9.94. The Balaban J connectivity index is 1.47. The van der Waals surface area contributed by atoms with E-state index in [4.69, 9.17) is 0 Å². The van der Waals surface area contributed by atoms with Crippen LogP contribution in [0, 0.1) is 5.82 Å². The van der Waals surface area contributed by atoms with E-state index in [0.29, 0.717) is 5.69 Å². The molecular weight excluding hydrogens is 469 g/mol. The number of hydrogen-bond acceptors (Lipinski definition) is 4. The first-order chi connectivity index (χ1) is 16.8. The molecular formula is C26H26FN3O4S. The molecule has 0 heterocycles. The zero-order chi connectivity index (χ0) is 24.8. The van der Waals surface area contributed by atoms with Gasteiger partial charge in [-0.1, -0.05) is 36.8 Å². The summed E-state index contributed by atoms with van der Waals surface area (Å²) in [5, 5.41) is 5.45. The van der Waals surface area contributed by atoms with E-state index in [1.165, 1.54) is 48.5 Å². The molecule has 1 atom stereocenters. The van der Waals surface area contributed by atoms with Crippen LogP contribution in [0.15, 0.2) is 83.8 Å². The van der Waals surface area contributed by atoms with Crippen molar-refractivity contribution < 1.29 is 22.4 Å². The monoisotopic (exact) mass is 495 g/mol. The van der Waals surface area contributed by atoms with Crippen molar-refractivity contribution in [2.75, 3.05) is 5.32 Å². The van der Waals surface area contributed by atoms with Crippen molar-refractivity contribution in [3.05, 3.63) is 95.8 Å². The fraction of sp³-hybridized carbons (Fsp3) is 0.231. The van der Waals surface area contributed by atoms with Crippen molar-refractivity contribution in [2.45, 2.75) is 42.7 Å². The normalized spacial score (nSPS) is 14.5. The highest BCUT2D eigenvalue weighted by molar-refractivity contribution is 7.89. The van der Waals surface area contributed by atoms with Crippen LogP contribution in [0.25, 0.3) is 0 Å². The summed E-state index contributed by atoms with van der Waals surface area (Å²) in [4.78, 5) is 25.9. The molecule has 0 bridgehead atoms. The summed E-state index contributed by atoms with van der Waals surface area (Å²) in [6, 6.07) is 19.2. The third-order valence-corrected chi connectivity index (χ3v) is 7.41. The van der Waals surface area contributed by atoms with E-state index < -0.39 is 33.7 Å². The second-order valence-electron chi connectivity index (χ2n) is 8.49. The first-order valence-corrected chi connectivity index (χ1v) is 12.8. The molecule has 3 aromatic carbocycles. The summed E-state index contributed by atoms with van der Waals surface area (Å²) in [6.07, 6.45) is 2.91. The minimum Gasteiger partial charge on any atom is -0.340 e. The number of rotatable bonds is 9. The Kier molecular flexibility index (Phi) is 7.57. The molecule has 0 radical (unpaired) electrons. The number of benzene rings is 3. The Morgan fingerprint density at radius 3 is 2.17 bits per heavy atom. The van der Waals surface area contributed by atoms with E-state index in [2.05, 4.69) is 15.4 Å². The topological polar surface area (TPSA) is 104 Å². The highest BCUT2D eigenvalue weighted by atomic mass is 32.2. The van der Waals surface area contributed by atoms with Crippen LogP contribution in [0.2, 0.25) is 0 Å². The minimum atomic E-state index is -3.62. The van der Waals surface area contributed by atoms with Crippen LogP contribution in [0.3, 0.4) is 0 Å². The van der Waals surface area contributed by atoms with Gasteiger partial charge in [0.25, 0.3) is 5.91 Å². The van der Waals surface area contributed by atoms with Gasteiger partial charge in [-0.25, -0.2) is 17.5 Å². The van der Waals surface area contributed by atoms with Gasteiger partial charge in [0, 0.05) is 23.7 Å². The average Bonchev–Trinajstić information content (AvgIpc) is 2.82. The number of carbonyl (C=O) groups excluding carboxylic acids is 2. The van der Waals surface area contributed by atoms with E-state index in [-0.39, 0.29) is 22.9 Å². The van der Waals surface area contributed by atoms with Crippen LogP contribution in [0.1, 0.15) is 35.2 Å². The van der Waals surface area contributed by atoms with Gasteiger partial charge in [0.1, 0.15) is 11.9 Å². The molecule has 1 aliphatic carbocycles. The molecule has 182 valence electrons. The third kappa shape index (κ3) is 6.52. The lowest BCUT2D eigenvalue weighted by Gasteiger charge is -2.26. The van der Waals surface area contributed by atoms with Crippen LogP contribution in [0.4, 0.5) is 10.1 Å². The molecule has 1 saturated carbocycles. The van der Waals surface area contributed by atoms with Crippen LogP contribution in [0.5, 0.6) is 0 Å². The van der Waals surface area contributed by atoms with Gasteiger partial charge in [-0.15, -0.1) is 0 Å². The Labute approximate surface area is 203 Å². The number of carbonyl (C=O) groups is 2. The molecule has 3 N–H and O–H groups in total. The van der Waals surface area contributed by atoms with E-state index in [9.17, 15) is 22.4 Å². The maximum atomic E-state index is 13.2. The number of halogens is 1. The molecule has 0 saturated heterocycles.